The summed E-state index contributed by atoms with van der Waals surface area (Å²) in [6.45, 7) is 0. The van der Waals surface area contributed by atoms with Crippen molar-refractivity contribution < 1.29 is 19.7 Å². The number of hydrogen-bond donors (Lipinski definition) is 4. The topological polar surface area (TPSA) is 128 Å². The van der Waals surface area contributed by atoms with Gasteiger partial charge in [0.2, 0.25) is 0 Å². The van der Waals surface area contributed by atoms with Crippen LogP contribution in [0.5, 0.6) is 0 Å². The number of hydrogen-bond acceptors (Lipinski definition) is 3. The van der Waals surface area contributed by atoms with Crippen molar-refractivity contribution in [1.82, 2.24) is 12.3 Å². The van der Waals surface area contributed by atoms with Gasteiger partial charge in [-0.3, -0.25) is 4.70 Å². The van der Waals surface area contributed by atoms with Gasteiger partial charge in [-0.2, -0.15) is 0 Å². The molecule has 5 nitrogen and oxygen atoms in total. The number of halogens is 1. The van der Waals surface area contributed by atoms with Crippen LogP contribution in [0.1, 0.15) is 0 Å². The van der Waals surface area contributed by atoms with Gasteiger partial charge in [0.15, 0.2) is 0 Å². The first-order chi connectivity index (χ1) is 1.73. The van der Waals surface area contributed by atoms with Gasteiger partial charge in [-0.1, -0.05) is 0 Å². The van der Waals surface area contributed by atoms with Crippen LogP contribution in [0.4, 0.5) is 9.50 Å². The Labute approximate surface area is 39.5 Å². The quantitative estimate of drug-likeness (QED) is 0.370. The lowest BCUT2D eigenvalue weighted by Crippen LogP contribution is -1.81. The highest BCUT2D eigenvalue weighted by Gasteiger charge is 1.70. The molecule has 7 heavy (non-hydrogen) atoms. The van der Waals surface area contributed by atoms with Crippen LogP contribution >= 0.6 is 0 Å². The van der Waals surface area contributed by atoms with Gasteiger partial charge in [-0.25, -0.2) is 4.79 Å². The summed E-state index contributed by atoms with van der Waals surface area (Å²) in [5.41, 5.74) is 0. The van der Waals surface area contributed by atoms with E-state index in [0.29, 0.717) is 0 Å². The van der Waals surface area contributed by atoms with E-state index in [1.54, 1.807) is 0 Å². The maximum atomic E-state index is 8.56. The molecule has 0 aliphatic heterocycles. The molecule has 0 saturated carbocycles. The molecule has 0 atom stereocenters. The fraction of sp³-hybridized carbons (Fsp3) is 0. The van der Waals surface area contributed by atoms with Gasteiger partial charge in [0.05, 0.1) is 0 Å². The summed E-state index contributed by atoms with van der Waals surface area (Å²) in [6, 6.07) is 0. The Morgan fingerprint density at radius 3 is 1.14 bits per heavy atom. The summed E-state index contributed by atoms with van der Waals surface area (Å²) >= 11 is 0. The monoisotopic (exact) mass is 116 g/mol. The maximum absolute atomic E-state index is 8.56. The fourth-order valence-electron chi connectivity index (χ4n) is 0. The molecule has 0 fully saturated rings. The van der Waals surface area contributed by atoms with Crippen LogP contribution in [-0.4, -0.2) is 16.4 Å². The molecular formula is CH9FN2O3. The highest BCUT2D eigenvalue weighted by atomic mass is 19.0. The first kappa shape index (κ1) is 35.7. The van der Waals surface area contributed by atoms with Gasteiger partial charge in [-0.15, -0.1) is 0 Å². The van der Waals surface area contributed by atoms with Gasteiger partial charge in [0, 0.05) is 0 Å². The Morgan fingerprint density at radius 1 is 1.14 bits per heavy atom. The van der Waals surface area contributed by atoms with Crippen molar-refractivity contribution in [2.75, 3.05) is 0 Å². The summed E-state index contributed by atoms with van der Waals surface area (Å²) in [5, 5.41) is 13.9. The van der Waals surface area contributed by atoms with E-state index < -0.39 is 6.16 Å². The van der Waals surface area contributed by atoms with Gasteiger partial charge < -0.3 is 22.5 Å². The highest BCUT2D eigenvalue weighted by molar-refractivity contribution is 5.53. The van der Waals surface area contributed by atoms with E-state index in [0.717, 1.165) is 0 Å². The largest absolute Gasteiger partial charge is 0.503 e. The van der Waals surface area contributed by atoms with E-state index in [2.05, 4.69) is 0 Å². The Bertz CT molecular complexity index is 35.9. The van der Waals surface area contributed by atoms with Crippen LogP contribution in [0.3, 0.4) is 0 Å². The van der Waals surface area contributed by atoms with Crippen molar-refractivity contribution in [3.8, 4) is 0 Å². The Balaban J connectivity index is -0.0000000150. The van der Waals surface area contributed by atoms with Gasteiger partial charge in [-0.05, 0) is 0 Å². The molecule has 0 heterocycles. The van der Waals surface area contributed by atoms with Crippen LogP contribution in [0.2, 0.25) is 0 Å². The lowest BCUT2D eigenvalue weighted by molar-refractivity contribution is 0.137. The second kappa shape index (κ2) is 19.3. The van der Waals surface area contributed by atoms with Crippen molar-refractivity contribution in [1.29, 1.82) is 0 Å². The lowest BCUT2D eigenvalue weighted by atomic mass is 11.5. The highest BCUT2D eigenvalue weighted by Crippen LogP contribution is 1.42. The molecule has 0 unspecified atom stereocenters. The van der Waals surface area contributed by atoms with Crippen molar-refractivity contribution in [2.24, 2.45) is 0 Å². The predicted octanol–water partition coefficient (Wildman–Crippen LogP) is 0.699. The predicted molar refractivity (Wildman–Crippen MR) is 23.2 cm³/mol. The minimum Gasteiger partial charge on any atom is -0.450 e. The molecule has 0 rings (SSSR count). The van der Waals surface area contributed by atoms with Crippen LogP contribution in [0, 0.1) is 0 Å². The molecule has 0 amide bonds. The van der Waals surface area contributed by atoms with E-state index in [4.69, 9.17) is 15.0 Å². The molecule has 0 aromatic rings. The summed E-state index contributed by atoms with van der Waals surface area (Å²) in [6.07, 6.45) is -1.83. The Hall–Kier alpha value is -0.880. The molecule has 0 aromatic heterocycles. The van der Waals surface area contributed by atoms with Gasteiger partial charge in [0.25, 0.3) is 0 Å². The third kappa shape index (κ3) is 64.4. The first-order valence-corrected chi connectivity index (χ1v) is 0.651. The zero-order valence-corrected chi connectivity index (χ0v) is 3.63. The molecule has 0 aromatic carbocycles. The molecule has 0 aliphatic rings. The first-order valence-electron chi connectivity index (χ1n) is 0.651. The number of carbonyl (C=O) groups is 1. The molecule has 0 radical (unpaired) electrons. The van der Waals surface area contributed by atoms with Crippen molar-refractivity contribution in [3.05, 3.63) is 0 Å². The Kier molecular flexibility index (Phi) is 98.6. The minimum atomic E-state index is -1.83. The van der Waals surface area contributed by atoms with Crippen molar-refractivity contribution in [2.45, 2.75) is 0 Å². The average Bonchev–Trinajstić information content (AvgIpc) is 0.811. The summed E-state index contributed by atoms with van der Waals surface area (Å²) in [5.74, 6) is 0. The standard InChI is InChI=1S/CH2O3.FH.2H3N/c2-1(3)4;;;/h(H2,2,3,4);1H;2*1H3. The molecule has 0 spiro atoms. The van der Waals surface area contributed by atoms with Crippen LogP contribution in [0.25, 0.3) is 0 Å². The van der Waals surface area contributed by atoms with E-state index in [9.17, 15) is 0 Å². The Morgan fingerprint density at radius 2 is 1.14 bits per heavy atom. The van der Waals surface area contributed by atoms with E-state index in [1.165, 1.54) is 0 Å². The van der Waals surface area contributed by atoms with E-state index in [1.807, 2.05) is 0 Å². The average molecular weight is 116 g/mol. The summed E-state index contributed by atoms with van der Waals surface area (Å²) in [4.78, 5) is 8.56. The molecule has 6 heteroatoms. The maximum Gasteiger partial charge on any atom is 0.503 e. The molecule has 48 valence electrons. The van der Waals surface area contributed by atoms with Crippen LogP contribution in [-0.2, 0) is 0 Å². The number of rotatable bonds is 0. The normalized spacial score (nSPS) is 3.43. The van der Waals surface area contributed by atoms with Gasteiger partial charge >= 0.3 is 6.16 Å². The van der Waals surface area contributed by atoms with Crippen LogP contribution in [0.15, 0.2) is 0 Å². The third-order valence-corrected chi connectivity index (χ3v) is 0. The molecule has 0 saturated heterocycles. The zero-order valence-electron chi connectivity index (χ0n) is 3.63. The fourth-order valence-corrected chi connectivity index (χ4v) is 0. The third-order valence-electron chi connectivity index (χ3n) is 0. The number of carboxylic acid groups (broad SMARTS) is 2. The summed E-state index contributed by atoms with van der Waals surface area (Å²) < 4.78 is 0. The molecule has 0 aliphatic carbocycles. The lowest BCUT2D eigenvalue weighted by Gasteiger charge is -1.60. The second-order valence-electron chi connectivity index (χ2n) is 0.283. The minimum absolute atomic E-state index is 0. The van der Waals surface area contributed by atoms with Crippen molar-refractivity contribution in [3.63, 3.8) is 0 Å². The molecule has 0 bridgehead atoms. The smallest absolute Gasteiger partial charge is 0.450 e. The summed E-state index contributed by atoms with van der Waals surface area (Å²) in [7, 11) is 0. The van der Waals surface area contributed by atoms with Crippen LogP contribution < -0.4 is 12.3 Å². The molecular weight excluding hydrogens is 107 g/mol. The van der Waals surface area contributed by atoms with Crippen molar-refractivity contribution >= 4 is 6.16 Å². The zero-order chi connectivity index (χ0) is 3.58. The van der Waals surface area contributed by atoms with Gasteiger partial charge in [0.1, 0.15) is 0 Å². The molecule has 8 N–H and O–H groups in total. The SMILES string of the molecule is F.N.N.O=C(O)O. The van der Waals surface area contributed by atoms with E-state index in [-0.39, 0.29) is 17.0 Å². The second-order valence-corrected chi connectivity index (χ2v) is 0.283. The van der Waals surface area contributed by atoms with E-state index >= 15 is 0 Å².